The van der Waals surface area contributed by atoms with Gasteiger partial charge in [-0.1, -0.05) is 42.4 Å². The Balaban J connectivity index is 1.75. The molecule has 0 bridgehead atoms. The van der Waals surface area contributed by atoms with Crippen molar-refractivity contribution in [3.8, 4) is 0 Å². The fourth-order valence-corrected chi connectivity index (χ4v) is 2.91. The first kappa shape index (κ1) is 17.4. The van der Waals surface area contributed by atoms with Crippen LogP contribution in [0.4, 0.5) is 4.79 Å². The first-order valence-corrected chi connectivity index (χ1v) is 8.73. The summed E-state index contributed by atoms with van der Waals surface area (Å²) in [5, 5.41) is 9.99. The van der Waals surface area contributed by atoms with E-state index in [-0.39, 0.29) is 18.2 Å². The van der Waals surface area contributed by atoms with Gasteiger partial charge in [-0.25, -0.2) is 4.79 Å². The molecule has 2 amide bonds. The van der Waals surface area contributed by atoms with Gasteiger partial charge in [-0.05, 0) is 25.3 Å². The number of benzene rings is 1. The standard InChI is InChI=1S/C18H24N4O3/c1-3-7-15-20-17(22-25-15)16(13-8-5-4-6-9-13)21-18(23)19-14-10-11-24-12(14)2/h4-6,8-9,12,14,16H,3,7,10-11H2,1-2H3,(H2,19,21,23)/t12-,14-,16+/m0/s1. The predicted molar refractivity (Wildman–Crippen MR) is 92.1 cm³/mol. The lowest BCUT2D eigenvalue weighted by Gasteiger charge is -2.20. The number of amides is 2. The van der Waals surface area contributed by atoms with Gasteiger partial charge in [0.15, 0.2) is 5.82 Å². The summed E-state index contributed by atoms with van der Waals surface area (Å²) in [6.45, 7) is 4.68. The first-order chi connectivity index (χ1) is 12.2. The molecule has 1 aliphatic heterocycles. The largest absolute Gasteiger partial charge is 0.376 e. The van der Waals surface area contributed by atoms with E-state index in [1.165, 1.54) is 0 Å². The number of urea groups is 1. The van der Waals surface area contributed by atoms with Crippen molar-refractivity contribution in [1.82, 2.24) is 20.8 Å². The third-order valence-electron chi connectivity index (χ3n) is 4.31. The lowest BCUT2D eigenvalue weighted by molar-refractivity contribution is 0.114. The monoisotopic (exact) mass is 344 g/mol. The summed E-state index contributed by atoms with van der Waals surface area (Å²) < 4.78 is 10.8. The van der Waals surface area contributed by atoms with Gasteiger partial charge in [0.05, 0.1) is 12.1 Å². The van der Waals surface area contributed by atoms with Crippen molar-refractivity contribution in [2.75, 3.05) is 6.61 Å². The van der Waals surface area contributed by atoms with E-state index in [0.717, 1.165) is 24.8 Å². The number of hydrogen-bond acceptors (Lipinski definition) is 5. The molecule has 7 nitrogen and oxygen atoms in total. The van der Waals surface area contributed by atoms with Crippen molar-refractivity contribution in [1.29, 1.82) is 0 Å². The highest BCUT2D eigenvalue weighted by Gasteiger charge is 2.28. The van der Waals surface area contributed by atoms with Gasteiger partial charge in [-0.15, -0.1) is 0 Å². The van der Waals surface area contributed by atoms with Crippen LogP contribution < -0.4 is 10.6 Å². The Kier molecular flexibility index (Phi) is 5.65. The normalized spacial score (nSPS) is 21.0. The molecule has 2 heterocycles. The molecule has 0 unspecified atom stereocenters. The second-order valence-electron chi connectivity index (χ2n) is 6.23. The molecule has 2 N–H and O–H groups in total. The smallest absolute Gasteiger partial charge is 0.315 e. The quantitative estimate of drug-likeness (QED) is 0.841. The molecule has 3 atom stereocenters. The van der Waals surface area contributed by atoms with Crippen LogP contribution in [0.3, 0.4) is 0 Å². The highest BCUT2D eigenvalue weighted by atomic mass is 16.5. The molecule has 1 aromatic carbocycles. The summed E-state index contributed by atoms with van der Waals surface area (Å²) in [6, 6.07) is 8.91. The zero-order valence-electron chi connectivity index (χ0n) is 14.6. The van der Waals surface area contributed by atoms with Crippen molar-refractivity contribution in [2.45, 2.75) is 51.3 Å². The van der Waals surface area contributed by atoms with Crippen LogP contribution in [-0.4, -0.2) is 34.9 Å². The second-order valence-corrected chi connectivity index (χ2v) is 6.23. The number of carbonyl (C=O) groups excluding carboxylic acids is 1. The third kappa shape index (κ3) is 4.36. The number of aromatic nitrogens is 2. The van der Waals surface area contributed by atoms with Crippen molar-refractivity contribution >= 4 is 6.03 Å². The van der Waals surface area contributed by atoms with Gasteiger partial charge in [-0.3, -0.25) is 0 Å². The van der Waals surface area contributed by atoms with Gasteiger partial charge in [0.2, 0.25) is 5.89 Å². The fourth-order valence-electron chi connectivity index (χ4n) is 2.91. The molecule has 3 rings (SSSR count). The van der Waals surface area contributed by atoms with Crippen molar-refractivity contribution in [3.05, 3.63) is 47.6 Å². The lowest BCUT2D eigenvalue weighted by Crippen LogP contribution is -2.46. The van der Waals surface area contributed by atoms with E-state index in [1.807, 2.05) is 37.3 Å². The molecule has 1 aromatic heterocycles. The molecular weight excluding hydrogens is 320 g/mol. The molecule has 134 valence electrons. The Morgan fingerprint density at radius 1 is 1.36 bits per heavy atom. The Morgan fingerprint density at radius 3 is 2.84 bits per heavy atom. The summed E-state index contributed by atoms with van der Waals surface area (Å²) >= 11 is 0. The van der Waals surface area contributed by atoms with E-state index in [4.69, 9.17) is 9.26 Å². The third-order valence-corrected chi connectivity index (χ3v) is 4.31. The number of rotatable bonds is 6. The van der Waals surface area contributed by atoms with Gasteiger partial charge in [0.25, 0.3) is 0 Å². The van der Waals surface area contributed by atoms with E-state index in [2.05, 4.69) is 27.7 Å². The topological polar surface area (TPSA) is 89.3 Å². The molecule has 2 aromatic rings. The van der Waals surface area contributed by atoms with Crippen LogP contribution in [0.1, 0.15) is 50.0 Å². The fraction of sp³-hybridized carbons (Fsp3) is 0.500. The number of hydrogen-bond donors (Lipinski definition) is 2. The molecule has 0 radical (unpaired) electrons. The first-order valence-electron chi connectivity index (χ1n) is 8.73. The highest BCUT2D eigenvalue weighted by molar-refractivity contribution is 5.75. The summed E-state index contributed by atoms with van der Waals surface area (Å²) in [7, 11) is 0. The zero-order chi connectivity index (χ0) is 17.6. The maximum Gasteiger partial charge on any atom is 0.315 e. The molecule has 1 saturated heterocycles. The van der Waals surface area contributed by atoms with Crippen molar-refractivity contribution < 1.29 is 14.1 Å². The van der Waals surface area contributed by atoms with E-state index in [0.29, 0.717) is 18.3 Å². The number of ether oxygens (including phenoxy) is 1. The summed E-state index contributed by atoms with van der Waals surface area (Å²) in [5.41, 5.74) is 0.900. The van der Waals surface area contributed by atoms with Gasteiger partial charge in [-0.2, -0.15) is 4.98 Å². The van der Waals surface area contributed by atoms with E-state index in [1.54, 1.807) is 0 Å². The van der Waals surface area contributed by atoms with Gasteiger partial charge in [0, 0.05) is 13.0 Å². The molecule has 0 saturated carbocycles. The molecule has 1 fully saturated rings. The van der Waals surface area contributed by atoms with E-state index < -0.39 is 6.04 Å². The van der Waals surface area contributed by atoms with E-state index >= 15 is 0 Å². The Morgan fingerprint density at radius 2 is 2.16 bits per heavy atom. The molecule has 7 heteroatoms. The molecular formula is C18H24N4O3. The average Bonchev–Trinajstić information content (AvgIpc) is 3.23. The number of aryl methyl sites for hydroxylation is 1. The van der Waals surface area contributed by atoms with Crippen LogP contribution in [-0.2, 0) is 11.2 Å². The molecule has 0 spiro atoms. The van der Waals surface area contributed by atoms with Crippen molar-refractivity contribution in [2.24, 2.45) is 0 Å². The zero-order valence-corrected chi connectivity index (χ0v) is 14.6. The minimum atomic E-state index is -0.465. The number of nitrogens with one attached hydrogen (secondary N) is 2. The lowest BCUT2D eigenvalue weighted by atomic mass is 10.1. The van der Waals surface area contributed by atoms with Gasteiger partial charge >= 0.3 is 6.03 Å². The summed E-state index contributed by atoms with van der Waals surface area (Å²) in [5.74, 6) is 1.04. The average molecular weight is 344 g/mol. The summed E-state index contributed by atoms with van der Waals surface area (Å²) in [6.07, 6.45) is 2.47. The van der Waals surface area contributed by atoms with Crippen LogP contribution in [0.25, 0.3) is 0 Å². The van der Waals surface area contributed by atoms with Crippen LogP contribution in [0.5, 0.6) is 0 Å². The maximum atomic E-state index is 12.5. The van der Waals surface area contributed by atoms with Gasteiger partial charge in [0.1, 0.15) is 6.04 Å². The number of nitrogens with zero attached hydrogens (tertiary/aromatic N) is 2. The Labute approximate surface area is 147 Å². The Hall–Kier alpha value is -2.41. The number of carbonyl (C=O) groups is 1. The van der Waals surface area contributed by atoms with E-state index in [9.17, 15) is 4.79 Å². The molecule has 25 heavy (non-hydrogen) atoms. The van der Waals surface area contributed by atoms with Crippen LogP contribution in [0, 0.1) is 0 Å². The van der Waals surface area contributed by atoms with Crippen molar-refractivity contribution in [3.63, 3.8) is 0 Å². The maximum absolute atomic E-state index is 12.5. The molecule has 1 aliphatic rings. The van der Waals surface area contributed by atoms with Gasteiger partial charge < -0.3 is 19.9 Å². The van der Waals surface area contributed by atoms with Crippen LogP contribution in [0.15, 0.2) is 34.9 Å². The second kappa shape index (κ2) is 8.11. The summed E-state index contributed by atoms with van der Waals surface area (Å²) in [4.78, 5) is 16.9. The minimum absolute atomic E-state index is 0.0114. The minimum Gasteiger partial charge on any atom is -0.376 e. The van der Waals surface area contributed by atoms with Crippen LogP contribution >= 0.6 is 0 Å². The predicted octanol–water partition coefficient (Wildman–Crippen LogP) is 2.59. The highest BCUT2D eigenvalue weighted by Crippen LogP contribution is 2.20. The van der Waals surface area contributed by atoms with Crippen LogP contribution in [0.2, 0.25) is 0 Å². The SMILES string of the molecule is CCCc1nc([C@H](NC(=O)N[C@H]2CCO[C@H]2C)c2ccccc2)no1. The molecule has 0 aliphatic carbocycles. The Bertz CT molecular complexity index is 689.